The molecule has 3 heteroatoms. The van der Waals surface area contributed by atoms with E-state index >= 15 is 0 Å². The number of fused-ring (bicyclic) bond motifs is 1. The Morgan fingerprint density at radius 3 is 3.08 bits per heavy atom. The molecule has 0 amide bonds. The van der Waals surface area contributed by atoms with Crippen LogP contribution in [0.15, 0.2) is 18.2 Å². The van der Waals surface area contributed by atoms with Gasteiger partial charge in [0.2, 0.25) is 0 Å². The van der Waals surface area contributed by atoms with Gasteiger partial charge in [-0.3, -0.25) is 4.98 Å². The summed E-state index contributed by atoms with van der Waals surface area (Å²) in [6.45, 7) is 2.14. The van der Waals surface area contributed by atoms with Crippen molar-refractivity contribution in [1.29, 1.82) is 0 Å². The Balaban J connectivity index is 2.66. The van der Waals surface area contributed by atoms with Crippen LogP contribution >= 0.6 is 11.3 Å². The standard InChI is InChI=1S/C9H8BNS/c1-2-6-3-4-8-7(5-6)11-9(10)12-8/h3-5H,2H2,1H3. The topological polar surface area (TPSA) is 12.9 Å². The predicted octanol–water partition coefficient (Wildman–Crippen LogP) is 1.65. The molecule has 0 N–H and O–H groups in total. The number of nitrogens with zero attached hydrogens (tertiary/aromatic N) is 1. The minimum absolute atomic E-state index is 0.651. The molecule has 0 aliphatic rings. The number of benzene rings is 1. The molecule has 0 saturated heterocycles. The van der Waals surface area contributed by atoms with Gasteiger partial charge in [-0.2, -0.15) is 0 Å². The third-order valence-corrected chi connectivity index (χ3v) is 2.74. The molecule has 0 saturated carbocycles. The van der Waals surface area contributed by atoms with Crippen molar-refractivity contribution in [3.05, 3.63) is 23.8 Å². The summed E-state index contributed by atoms with van der Waals surface area (Å²) in [5.74, 6) is 0. The number of aryl methyl sites for hydroxylation is 1. The predicted molar refractivity (Wildman–Crippen MR) is 54.4 cm³/mol. The average Bonchev–Trinajstić information content (AvgIpc) is 2.43. The van der Waals surface area contributed by atoms with Gasteiger partial charge in [-0.05, 0) is 24.1 Å². The van der Waals surface area contributed by atoms with Crippen molar-refractivity contribution in [3.8, 4) is 0 Å². The Labute approximate surface area is 76.9 Å². The van der Waals surface area contributed by atoms with Gasteiger partial charge in [0.25, 0.3) is 0 Å². The highest BCUT2D eigenvalue weighted by Crippen LogP contribution is 2.17. The van der Waals surface area contributed by atoms with Crippen LogP contribution in [-0.4, -0.2) is 12.8 Å². The second-order valence-electron chi connectivity index (χ2n) is 2.71. The van der Waals surface area contributed by atoms with Crippen LogP contribution < -0.4 is 4.91 Å². The number of rotatable bonds is 1. The SMILES string of the molecule is [B]c1nc2cc(CC)ccc2s1. The third-order valence-electron chi connectivity index (χ3n) is 1.88. The molecule has 12 heavy (non-hydrogen) atoms. The maximum Gasteiger partial charge on any atom is 0.157 e. The summed E-state index contributed by atoms with van der Waals surface area (Å²) >= 11 is 1.54. The molecule has 0 aliphatic heterocycles. The van der Waals surface area contributed by atoms with E-state index < -0.39 is 0 Å². The van der Waals surface area contributed by atoms with Crippen molar-refractivity contribution in [2.45, 2.75) is 13.3 Å². The molecule has 1 aromatic carbocycles. The van der Waals surface area contributed by atoms with E-state index in [1.807, 2.05) is 0 Å². The van der Waals surface area contributed by atoms with Crippen molar-refractivity contribution < 1.29 is 0 Å². The highest BCUT2D eigenvalue weighted by atomic mass is 32.1. The Bertz CT molecular complexity index is 408. The number of aromatic nitrogens is 1. The number of hydrogen-bond donors (Lipinski definition) is 0. The first-order chi connectivity index (χ1) is 5.79. The van der Waals surface area contributed by atoms with Crippen LogP contribution in [0.5, 0.6) is 0 Å². The molecule has 0 bridgehead atoms. The Morgan fingerprint density at radius 2 is 2.33 bits per heavy atom. The Morgan fingerprint density at radius 1 is 1.50 bits per heavy atom. The van der Waals surface area contributed by atoms with Gasteiger partial charge in [0, 0.05) is 4.91 Å². The molecule has 0 aliphatic carbocycles. The first-order valence-electron chi connectivity index (χ1n) is 3.94. The third kappa shape index (κ3) is 1.25. The summed E-state index contributed by atoms with van der Waals surface area (Å²) in [4.78, 5) is 4.87. The van der Waals surface area contributed by atoms with Gasteiger partial charge in [0.15, 0.2) is 7.85 Å². The zero-order valence-corrected chi connectivity index (χ0v) is 7.69. The molecule has 2 aromatic rings. The van der Waals surface area contributed by atoms with Crippen molar-refractivity contribution in [2.75, 3.05) is 0 Å². The molecule has 2 rings (SSSR count). The number of hydrogen-bond acceptors (Lipinski definition) is 2. The molecule has 2 radical (unpaired) electrons. The molecular formula is C9H8BNS. The zero-order chi connectivity index (χ0) is 8.55. The van der Waals surface area contributed by atoms with E-state index in [0.29, 0.717) is 4.91 Å². The molecule has 1 heterocycles. The maximum absolute atomic E-state index is 5.59. The molecule has 0 unspecified atom stereocenters. The zero-order valence-electron chi connectivity index (χ0n) is 6.87. The fraction of sp³-hybridized carbons (Fsp3) is 0.222. The van der Waals surface area contributed by atoms with Gasteiger partial charge in [-0.15, -0.1) is 11.3 Å². The van der Waals surface area contributed by atoms with Gasteiger partial charge in [0.1, 0.15) is 0 Å². The highest BCUT2D eigenvalue weighted by molar-refractivity contribution is 7.25. The van der Waals surface area contributed by atoms with E-state index in [4.69, 9.17) is 7.85 Å². The molecule has 1 aromatic heterocycles. The van der Waals surface area contributed by atoms with E-state index in [9.17, 15) is 0 Å². The monoisotopic (exact) mass is 173 g/mol. The second-order valence-corrected chi connectivity index (χ2v) is 3.77. The minimum Gasteiger partial charge on any atom is -0.253 e. The first-order valence-corrected chi connectivity index (χ1v) is 4.76. The maximum atomic E-state index is 5.59. The largest absolute Gasteiger partial charge is 0.253 e. The minimum atomic E-state index is 0.651. The summed E-state index contributed by atoms with van der Waals surface area (Å²) < 4.78 is 1.17. The fourth-order valence-corrected chi connectivity index (χ4v) is 1.93. The van der Waals surface area contributed by atoms with Crippen molar-refractivity contribution in [3.63, 3.8) is 0 Å². The second kappa shape index (κ2) is 2.90. The van der Waals surface area contributed by atoms with Crippen molar-refractivity contribution in [2.24, 2.45) is 0 Å². The van der Waals surface area contributed by atoms with Gasteiger partial charge in [-0.25, -0.2) is 0 Å². The van der Waals surface area contributed by atoms with E-state index in [1.54, 1.807) is 0 Å². The van der Waals surface area contributed by atoms with Crippen LogP contribution in [-0.2, 0) is 6.42 Å². The quantitative estimate of drug-likeness (QED) is 0.597. The lowest BCUT2D eigenvalue weighted by Gasteiger charge is -1.93. The lowest BCUT2D eigenvalue weighted by atomic mass is 10.1. The van der Waals surface area contributed by atoms with Crippen LogP contribution in [0.2, 0.25) is 0 Å². The Hall–Kier alpha value is -0.825. The van der Waals surface area contributed by atoms with Crippen molar-refractivity contribution >= 4 is 34.3 Å². The van der Waals surface area contributed by atoms with E-state index in [0.717, 1.165) is 11.9 Å². The lowest BCUT2D eigenvalue weighted by molar-refractivity contribution is 1.14. The van der Waals surface area contributed by atoms with Gasteiger partial charge < -0.3 is 0 Å². The van der Waals surface area contributed by atoms with E-state index in [1.165, 1.54) is 21.6 Å². The van der Waals surface area contributed by atoms with Gasteiger partial charge in [-0.1, -0.05) is 13.0 Å². The van der Waals surface area contributed by atoms with Crippen LogP contribution in [0.1, 0.15) is 12.5 Å². The van der Waals surface area contributed by atoms with Crippen LogP contribution in [0.25, 0.3) is 10.2 Å². The molecule has 0 fully saturated rings. The van der Waals surface area contributed by atoms with Gasteiger partial charge >= 0.3 is 0 Å². The average molecular weight is 173 g/mol. The summed E-state index contributed by atoms with van der Waals surface area (Å²) in [6.07, 6.45) is 1.05. The summed E-state index contributed by atoms with van der Waals surface area (Å²) in [5, 5.41) is 0. The molecular weight excluding hydrogens is 165 g/mol. The summed E-state index contributed by atoms with van der Waals surface area (Å²) in [5.41, 5.74) is 2.34. The van der Waals surface area contributed by atoms with Gasteiger partial charge in [0.05, 0.1) is 10.2 Å². The van der Waals surface area contributed by atoms with Crippen LogP contribution in [0.4, 0.5) is 0 Å². The van der Waals surface area contributed by atoms with Crippen LogP contribution in [0.3, 0.4) is 0 Å². The van der Waals surface area contributed by atoms with Crippen molar-refractivity contribution in [1.82, 2.24) is 4.98 Å². The lowest BCUT2D eigenvalue weighted by Crippen LogP contribution is -1.96. The smallest absolute Gasteiger partial charge is 0.157 e. The fourth-order valence-electron chi connectivity index (χ4n) is 1.21. The van der Waals surface area contributed by atoms with E-state index in [2.05, 4.69) is 30.1 Å². The number of thiazole rings is 1. The summed E-state index contributed by atoms with van der Waals surface area (Å²) in [6, 6.07) is 6.31. The van der Waals surface area contributed by atoms with Crippen LogP contribution in [0, 0.1) is 0 Å². The summed E-state index contributed by atoms with van der Waals surface area (Å²) in [7, 11) is 5.59. The Kier molecular flexibility index (Phi) is 1.89. The highest BCUT2D eigenvalue weighted by Gasteiger charge is 1.99. The first kappa shape index (κ1) is 7.81. The molecule has 58 valence electrons. The molecule has 1 nitrogen and oxygen atoms in total. The molecule has 0 atom stereocenters. The molecule has 0 spiro atoms. The normalized spacial score (nSPS) is 10.8. The van der Waals surface area contributed by atoms with E-state index in [-0.39, 0.29) is 0 Å².